The van der Waals surface area contributed by atoms with Crippen molar-refractivity contribution >= 4 is 11.9 Å². The highest BCUT2D eigenvalue weighted by molar-refractivity contribution is 5.99. The van der Waals surface area contributed by atoms with Crippen LogP contribution in [-0.2, 0) is 19.1 Å². The van der Waals surface area contributed by atoms with Gasteiger partial charge in [-0.15, -0.1) is 0 Å². The highest BCUT2D eigenvalue weighted by Crippen LogP contribution is 2.16. The summed E-state index contributed by atoms with van der Waals surface area (Å²) < 4.78 is 9.80. The third-order valence-corrected chi connectivity index (χ3v) is 2.70. The lowest BCUT2D eigenvalue weighted by Crippen LogP contribution is -2.15. The molecule has 0 aliphatic carbocycles. The van der Waals surface area contributed by atoms with Crippen LogP contribution >= 0.6 is 0 Å². The molecule has 0 aromatic heterocycles. The normalized spacial score (nSPS) is 11.8. The lowest BCUT2D eigenvalue weighted by atomic mass is 10.0. The van der Waals surface area contributed by atoms with Gasteiger partial charge in [0.05, 0.1) is 13.7 Å². The van der Waals surface area contributed by atoms with Gasteiger partial charge < -0.3 is 9.47 Å². The molecule has 0 fully saturated rings. The van der Waals surface area contributed by atoms with Gasteiger partial charge in [0.25, 0.3) is 0 Å². The minimum atomic E-state index is -0.464. The first kappa shape index (κ1) is 16.7. The predicted molar refractivity (Wildman–Crippen MR) is 70.1 cm³/mol. The van der Waals surface area contributed by atoms with Crippen molar-refractivity contribution < 1.29 is 19.1 Å². The van der Waals surface area contributed by atoms with Gasteiger partial charge in [0.1, 0.15) is 0 Å². The molecule has 0 aliphatic heterocycles. The van der Waals surface area contributed by atoms with Crippen LogP contribution in [-0.4, -0.2) is 25.7 Å². The second kappa shape index (κ2) is 9.68. The quantitative estimate of drug-likeness (QED) is 0.380. The molecule has 0 aromatic rings. The molecule has 0 aromatic carbocycles. The molecule has 0 radical (unpaired) electrons. The highest BCUT2D eigenvalue weighted by atomic mass is 16.5. The van der Waals surface area contributed by atoms with Crippen LogP contribution in [0.4, 0.5) is 0 Å². The Kier molecular flexibility index (Phi) is 8.97. The Balaban J connectivity index is 4.75. The van der Waals surface area contributed by atoms with Crippen molar-refractivity contribution in [2.75, 3.05) is 13.7 Å². The maximum atomic E-state index is 11.9. The fourth-order valence-corrected chi connectivity index (χ4v) is 1.47. The van der Waals surface area contributed by atoms with Crippen molar-refractivity contribution in [1.82, 2.24) is 0 Å². The third-order valence-electron chi connectivity index (χ3n) is 2.70. The lowest BCUT2D eigenvalue weighted by molar-refractivity contribution is -0.141. The van der Waals surface area contributed by atoms with E-state index in [0.29, 0.717) is 24.2 Å². The number of esters is 2. The largest absolute Gasteiger partial charge is 0.466 e. The number of ether oxygens (including phenoxy) is 2. The average Bonchev–Trinajstić information content (AvgIpc) is 2.38. The van der Waals surface area contributed by atoms with Crippen LogP contribution in [0.25, 0.3) is 0 Å². The van der Waals surface area contributed by atoms with E-state index in [1.807, 2.05) is 13.8 Å². The lowest BCUT2D eigenvalue weighted by Gasteiger charge is -2.10. The molecule has 0 atom stereocenters. The minimum Gasteiger partial charge on any atom is -0.466 e. The van der Waals surface area contributed by atoms with Crippen molar-refractivity contribution in [3.8, 4) is 0 Å². The molecular weight excluding hydrogens is 232 g/mol. The predicted octanol–water partition coefficient (Wildman–Crippen LogP) is 3.01. The van der Waals surface area contributed by atoms with Crippen molar-refractivity contribution in [3.05, 3.63) is 11.1 Å². The van der Waals surface area contributed by atoms with E-state index in [1.54, 1.807) is 6.92 Å². The maximum Gasteiger partial charge on any atom is 0.334 e. The maximum absolute atomic E-state index is 11.9. The summed E-state index contributed by atoms with van der Waals surface area (Å²) in [5, 5.41) is 0. The number of hydrogen-bond acceptors (Lipinski definition) is 4. The van der Waals surface area contributed by atoms with Crippen LogP contribution in [0.2, 0.25) is 0 Å². The zero-order valence-corrected chi connectivity index (χ0v) is 11.9. The summed E-state index contributed by atoms with van der Waals surface area (Å²) >= 11 is 0. The fourth-order valence-electron chi connectivity index (χ4n) is 1.47. The number of carbonyl (C=O) groups is 2. The van der Waals surface area contributed by atoms with Gasteiger partial charge in [-0.25, -0.2) is 9.59 Å². The Labute approximate surface area is 109 Å². The van der Waals surface area contributed by atoms with Gasteiger partial charge in [-0.05, 0) is 26.2 Å². The van der Waals surface area contributed by atoms with Crippen LogP contribution in [0, 0.1) is 0 Å². The van der Waals surface area contributed by atoms with E-state index in [1.165, 1.54) is 7.11 Å². The van der Waals surface area contributed by atoms with E-state index in [2.05, 4.69) is 4.74 Å². The molecule has 4 heteroatoms. The average molecular weight is 256 g/mol. The Hall–Kier alpha value is -1.32. The van der Waals surface area contributed by atoms with Gasteiger partial charge in [-0.3, -0.25) is 0 Å². The van der Waals surface area contributed by atoms with Crippen LogP contribution in [0.15, 0.2) is 11.1 Å². The first-order chi connectivity index (χ1) is 8.58. The third kappa shape index (κ3) is 5.84. The van der Waals surface area contributed by atoms with Crippen LogP contribution in [0.1, 0.15) is 52.9 Å². The molecule has 0 N–H and O–H groups in total. The molecule has 0 rings (SSSR count). The number of unbranched alkanes of at least 4 members (excludes halogenated alkanes) is 2. The van der Waals surface area contributed by atoms with E-state index < -0.39 is 5.97 Å². The standard InChI is InChI=1S/C14H24O4/c1-5-7-9-12(11(3)13(15)17-4)14(16)18-10-8-6-2/h5-10H2,1-4H3. The Morgan fingerprint density at radius 1 is 1.00 bits per heavy atom. The van der Waals surface area contributed by atoms with Crippen LogP contribution in [0.3, 0.4) is 0 Å². The van der Waals surface area contributed by atoms with Crippen LogP contribution in [0.5, 0.6) is 0 Å². The monoisotopic (exact) mass is 256 g/mol. The van der Waals surface area contributed by atoms with Gasteiger partial charge in [0.15, 0.2) is 0 Å². The molecule has 104 valence electrons. The molecule has 0 heterocycles. The van der Waals surface area contributed by atoms with Crippen molar-refractivity contribution in [2.24, 2.45) is 0 Å². The zero-order valence-electron chi connectivity index (χ0n) is 11.9. The smallest absolute Gasteiger partial charge is 0.334 e. The first-order valence-corrected chi connectivity index (χ1v) is 6.53. The molecule has 0 spiro atoms. The van der Waals surface area contributed by atoms with Gasteiger partial charge in [0, 0.05) is 11.1 Å². The SMILES string of the molecule is CCCCOC(=O)C(CCCC)=C(C)C(=O)OC. The van der Waals surface area contributed by atoms with E-state index in [4.69, 9.17) is 4.74 Å². The van der Waals surface area contributed by atoms with E-state index in [9.17, 15) is 9.59 Å². The molecule has 0 saturated heterocycles. The van der Waals surface area contributed by atoms with Crippen LogP contribution < -0.4 is 0 Å². The first-order valence-electron chi connectivity index (χ1n) is 6.53. The summed E-state index contributed by atoms with van der Waals surface area (Å²) in [4.78, 5) is 23.4. The van der Waals surface area contributed by atoms with E-state index in [-0.39, 0.29) is 5.97 Å². The molecule has 0 amide bonds. The highest BCUT2D eigenvalue weighted by Gasteiger charge is 2.18. The molecule has 18 heavy (non-hydrogen) atoms. The second-order valence-corrected chi connectivity index (χ2v) is 4.19. The summed E-state index contributed by atoms with van der Waals surface area (Å²) in [6.07, 6.45) is 4.18. The molecular formula is C14H24O4. The van der Waals surface area contributed by atoms with Gasteiger partial charge in [-0.2, -0.15) is 0 Å². The van der Waals surface area contributed by atoms with E-state index in [0.717, 1.165) is 25.7 Å². The molecule has 0 bridgehead atoms. The fraction of sp³-hybridized carbons (Fsp3) is 0.714. The second-order valence-electron chi connectivity index (χ2n) is 4.19. The van der Waals surface area contributed by atoms with Crippen molar-refractivity contribution in [2.45, 2.75) is 52.9 Å². The van der Waals surface area contributed by atoms with Crippen molar-refractivity contribution in [1.29, 1.82) is 0 Å². The summed E-state index contributed by atoms with van der Waals surface area (Å²) in [5.41, 5.74) is 0.798. The summed E-state index contributed by atoms with van der Waals surface area (Å²) in [6.45, 7) is 6.08. The molecule has 0 unspecified atom stereocenters. The molecule has 0 aliphatic rings. The topological polar surface area (TPSA) is 52.6 Å². The number of rotatable bonds is 8. The Bertz CT molecular complexity index is 305. The Morgan fingerprint density at radius 3 is 2.11 bits per heavy atom. The summed E-state index contributed by atoms with van der Waals surface area (Å²) in [6, 6.07) is 0. The van der Waals surface area contributed by atoms with E-state index >= 15 is 0 Å². The van der Waals surface area contributed by atoms with Gasteiger partial charge in [-0.1, -0.05) is 26.7 Å². The zero-order chi connectivity index (χ0) is 14.0. The van der Waals surface area contributed by atoms with Crippen molar-refractivity contribution in [3.63, 3.8) is 0 Å². The molecule has 4 nitrogen and oxygen atoms in total. The number of methoxy groups -OCH3 is 1. The minimum absolute atomic E-state index is 0.354. The van der Waals surface area contributed by atoms with Gasteiger partial charge in [0.2, 0.25) is 0 Å². The van der Waals surface area contributed by atoms with Gasteiger partial charge >= 0.3 is 11.9 Å². The summed E-state index contributed by atoms with van der Waals surface area (Å²) in [7, 11) is 1.31. The number of carbonyl (C=O) groups excluding carboxylic acids is 2. The summed E-state index contributed by atoms with van der Waals surface area (Å²) in [5.74, 6) is -0.853. The Morgan fingerprint density at radius 2 is 1.61 bits per heavy atom. The molecule has 0 saturated carbocycles. The number of hydrogen-bond donors (Lipinski definition) is 0.